The zero-order valence-electron chi connectivity index (χ0n) is 10.2. The van der Waals surface area contributed by atoms with Crippen molar-refractivity contribution in [2.75, 3.05) is 20.8 Å². The summed E-state index contributed by atoms with van der Waals surface area (Å²) in [4.78, 5) is 0. The maximum absolute atomic E-state index is 3.30. The molecule has 0 fully saturated rings. The van der Waals surface area contributed by atoms with Gasteiger partial charge in [-0.3, -0.25) is 0 Å². The second-order valence-electron chi connectivity index (χ2n) is 5.06. The standard InChI is InChI=1S/C10H25N3/c1-9(2,3)10(4,5)13(7)12-8-11-6/h11-12H,8H2,1-7H3. The van der Waals surface area contributed by atoms with Crippen LogP contribution in [0.5, 0.6) is 0 Å². The molecule has 0 bridgehead atoms. The van der Waals surface area contributed by atoms with Gasteiger partial charge in [-0.05, 0) is 26.3 Å². The van der Waals surface area contributed by atoms with E-state index in [1.54, 1.807) is 0 Å². The fourth-order valence-electron chi connectivity index (χ4n) is 0.898. The van der Waals surface area contributed by atoms with Gasteiger partial charge in [0.1, 0.15) is 0 Å². The van der Waals surface area contributed by atoms with Crippen molar-refractivity contribution in [1.29, 1.82) is 0 Å². The maximum Gasteiger partial charge on any atom is 0.0589 e. The minimum atomic E-state index is 0.129. The van der Waals surface area contributed by atoms with Crippen LogP contribution in [0.3, 0.4) is 0 Å². The molecule has 0 aliphatic rings. The Morgan fingerprint density at radius 2 is 1.54 bits per heavy atom. The third-order valence-electron chi connectivity index (χ3n) is 3.17. The van der Waals surface area contributed by atoms with Gasteiger partial charge < -0.3 is 5.32 Å². The van der Waals surface area contributed by atoms with Crippen LogP contribution in [0.25, 0.3) is 0 Å². The smallest absolute Gasteiger partial charge is 0.0589 e. The number of hydrazine groups is 1. The molecule has 80 valence electrons. The Kier molecular flexibility index (Phi) is 4.36. The molecule has 0 aromatic heterocycles. The molecule has 0 atom stereocenters. The predicted octanol–water partition coefficient (Wildman–Crippen LogP) is 1.42. The molecule has 2 N–H and O–H groups in total. The van der Waals surface area contributed by atoms with Crippen LogP contribution in [0.4, 0.5) is 0 Å². The van der Waals surface area contributed by atoms with Gasteiger partial charge in [0.2, 0.25) is 0 Å². The van der Waals surface area contributed by atoms with Crippen molar-refractivity contribution in [1.82, 2.24) is 15.8 Å². The molecule has 0 aliphatic carbocycles. The van der Waals surface area contributed by atoms with E-state index in [9.17, 15) is 0 Å². The summed E-state index contributed by atoms with van der Waals surface area (Å²) in [6.45, 7) is 12.1. The minimum absolute atomic E-state index is 0.129. The monoisotopic (exact) mass is 187 g/mol. The molecule has 0 amide bonds. The van der Waals surface area contributed by atoms with E-state index in [0.717, 1.165) is 6.67 Å². The number of hydrogen-bond donors (Lipinski definition) is 2. The van der Waals surface area contributed by atoms with Crippen LogP contribution in [0.2, 0.25) is 0 Å². The van der Waals surface area contributed by atoms with Crippen molar-refractivity contribution in [3.05, 3.63) is 0 Å². The lowest BCUT2D eigenvalue weighted by Crippen LogP contribution is -2.57. The van der Waals surface area contributed by atoms with Gasteiger partial charge in [-0.25, -0.2) is 10.4 Å². The van der Waals surface area contributed by atoms with Crippen molar-refractivity contribution < 1.29 is 0 Å². The van der Waals surface area contributed by atoms with Gasteiger partial charge in [-0.15, -0.1) is 0 Å². The van der Waals surface area contributed by atoms with E-state index in [-0.39, 0.29) is 11.0 Å². The summed E-state index contributed by atoms with van der Waals surface area (Å²) in [5, 5.41) is 5.24. The Balaban J connectivity index is 4.27. The van der Waals surface area contributed by atoms with Crippen molar-refractivity contribution in [2.45, 2.75) is 40.2 Å². The average molecular weight is 187 g/mol. The van der Waals surface area contributed by atoms with Crippen molar-refractivity contribution in [3.8, 4) is 0 Å². The van der Waals surface area contributed by atoms with Crippen LogP contribution < -0.4 is 10.7 Å². The van der Waals surface area contributed by atoms with E-state index in [1.165, 1.54) is 0 Å². The maximum atomic E-state index is 3.30. The number of nitrogens with one attached hydrogen (secondary N) is 2. The number of hydrogen-bond acceptors (Lipinski definition) is 3. The highest BCUT2D eigenvalue weighted by atomic mass is 15.5. The fourth-order valence-corrected chi connectivity index (χ4v) is 0.898. The fraction of sp³-hybridized carbons (Fsp3) is 1.00. The predicted molar refractivity (Wildman–Crippen MR) is 58.4 cm³/mol. The van der Waals surface area contributed by atoms with Crippen LogP contribution in [-0.4, -0.2) is 31.3 Å². The van der Waals surface area contributed by atoms with E-state index >= 15 is 0 Å². The van der Waals surface area contributed by atoms with Crippen molar-refractivity contribution in [2.24, 2.45) is 5.41 Å². The third-order valence-corrected chi connectivity index (χ3v) is 3.17. The number of nitrogens with zero attached hydrogens (tertiary/aromatic N) is 1. The lowest BCUT2D eigenvalue weighted by Gasteiger charge is -2.46. The summed E-state index contributed by atoms with van der Waals surface area (Å²) >= 11 is 0. The summed E-state index contributed by atoms with van der Waals surface area (Å²) < 4.78 is 0. The zero-order valence-corrected chi connectivity index (χ0v) is 10.2. The first kappa shape index (κ1) is 12.9. The second-order valence-corrected chi connectivity index (χ2v) is 5.06. The topological polar surface area (TPSA) is 27.3 Å². The molecule has 0 radical (unpaired) electrons. The molecule has 0 aromatic rings. The molecule has 0 heterocycles. The van der Waals surface area contributed by atoms with Crippen molar-refractivity contribution in [3.63, 3.8) is 0 Å². The first-order valence-electron chi connectivity index (χ1n) is 4.85. The lowest BCUT2D eigenvalue weighted by molar-refractivity contribution is 0.00207. The molecular formula is C10H25N3. The van der Waals surface area contributed by atoms with E-state index in [4.69, 9.17) is 0 Å². The van der Waals surface area contributed by atoms with Gasteiger partial charge in [0.05, 0.1) is 6.67 Å². The largest absolute Gasteiger partial charge is 0.307 e. The molecule has 13 heavy (non-hydrogen) atoms. The highest BCUT2D eigenvalue weighted by Gasteiger charge is 2.36. The van der Waals surface area contributed by atoms with Gasteiger partial charge in [-0.1, -0.05) is 20.8 Å². The summed E-state index contributed by atoms with van der Waals surface area (Å²) in [5.41, 5.74) is 3.68. The van der Waals surface area contributed by atoms with Crippen LogP contribution >= 0.6 is 0 Å². The summed E-state index contributed by atoms with van der Waals surface area (Å²) in [7, 11) is 4.02. The SMILES string of the molecule is CNCNN(C)C(C)(C)C(C)(C)C. The first-order chi connectivity index (χ1) is 5.73. The molecule has 0 aliphatic heterocycles. The average Bonchev–Trinajstić information content (AvgIpc) is 1.97. The highest BCUT2D eigenvalue weighted by molar-refractivity contribution is 4.89. The Bertz CT molecular complexity index is 147. The normalized spacial score (nSPS) is 13.8. The third kappa shape index (κ3) is 3.25. The second kappa shape index (κ2) is 4.40. The van der Waals surface area contributed by atoms with Gasteiger partial charge in [0.25, 0.3) is 0 Å². The summed E-state index contributed by atoms with van der Waals surface area (Å²) in [5.74, 6) is 0. The Labute approximate surface area is 82.9 Å². The lowest BCUT2D eigenvalue weighted by atomic mass is 9.76. The zero-order chi connectivity index (χ0) is 10.7. The molecule has 0 rings (SSSR count). The van der Waals surface area contributed by atoms with Gasteiger partial charge in [0, 0.05) is 12.6 Å². The molecule has 0 saturated carbocycles. The summed E-state index contributed by atoms with van der Waals surface area (Å²) in [6, 6.07) is 0. The minimum Gasteiger partial charge on any atom is -0.307 e. The van der Waals surface area contributed by atoms with E-state index in [0.29, 0.717) is 0 Å². The quantitative estimate of drug-likeness (QED) is 0.515. The van der Waals surface area contributed by atoms with Crippen LogP contribution in [0.15, 0.2) is 0 Å². The number of rotatable bonds is 4. The van der Waals surface area contributed by atoms with E-state index in [2.05, 4.69) is 57.4 Å². The molecule has 0 saturated heterocycles. The Hall–Kier alpha value is -0.120. The van der Waals surface area contributed by atoms with E-state index < -0.39 is 0 Å². The molecule has 3 heteroatoms. The molecular weight excluding hydrogens is 162 g/mol. The highest BCUT2D eigenvalue weighted by Crippen LogP contribution is 2.32. The van der Waals surface area contributed by atoms with Crippen LogP contribution in [0, 0.1) is 5.41 Å². The molecule has 0 aromatic carbocycles. The van der Waals surface area contributed by atoms with Crippen LogP contribution in [-0.2, 0) is 0 Å². The Morgan fingerprint density at radius 1 is 1.08 bits per heavy atom. The molecule has 3 nitrogen and oxygen atoms in total. The van der Waals surface area contributed by atoms with E-state index in [1.807, 2.05) is 7.05 Å². The first-order valence-corrected chi connectivity index (χ1v) is 4.85. The molecule has 0 unspecified atom stereocenters. The molecule has 0 spiro atoms. The summed E-state index contributed by atoms with van der Waals surface area (Å²) in [6.07, 6.45) is 0. The van der Waals surface area contributed by atoms with Gasteiger partial charge in [-0.2, -0.15) is 0 Å². The van der Waals surface area contributed by atoms with Crippen molar-refractivity contribution >= 4 is 0 Å². The van der Waals surface area contributed by atoms with Gasteiger partial charge in [0.15, 0.2) is 0 Å². The Morgan fingerprint density at radius 3 is 1.85 bits per heavy atom. The van der Waals surface area contributed by atoms with Crippen LogP contribution in [0.1, 0.15) is 34.6 Å². The van der Waals surface area contributed by atoms with Gasteiger partial charge >= 0.3 is 0 Å².